The van der Waals surface area contributed by atoms with Crippen LogP contribution >= 0.6 is 0 Å². The molecule has 3 aromatic rings. The first kappa shape index (κ1) is 19.7. The summed E-state index contributed by atoms with van der Waals surface area (Å²) in [6.07, 6.45) is -2.59. The summed E-state index contributed by atoms with van der Waals surface area (Å²) in [6, 6.07) is 3.32. The van der Waals surface area contributed by atoms with E-state index in [0.717, 1.165) is 24.5 Å². The predicted octanol–water partition coefficient (Wildman–Crippen LogP) is -1.36. The number of aromatic carboxylic acids is 1. The molecule has 3 aromatic heterocycles. The second kappa shape index (κ2) is 7.31. The molecule has 0 amide bonds. The molecule has 0 unspecified atom stereocenters. The third-order valence-electron chi connectivity index (χ3n) is 3.15. The number of nitrogens with one attached hydrogen (secondary N) is 1. The van der Waals surface area contributed by atoms with Gasteiger partial charge in [-0.05, 0) is 18.2 Å². The molecule has 1 N–H and O–H groups in total. The number of anilines is 2. The largest absolute Gasteiger partial charge is 1.00 e. The van der Waals surface area contributed by atoms with Crippen molar-refractivity contribution in [3.05, 3.63) is 42.1 Å². The number of alkyl halides is 3. The summed E-state index contributed by atoms with van der Waals surface area (Å²) in [5, 5.41) is 17.5. The van der Waals surface area contributed by atoms with Crippen molar-refractivity contribution in [1.29, 1.82) is 0 Å². The Kier molecular flexibility index (Phi) is 5.53. The number of carboxylic acids is 1. The molecule has 0 saturated carbocycles. The standard InChI is InChI=1S/C14H9F4N5O2.Li/c15-7-1-2-11(20-4-7)21-12-8-5-19-9(13(24)25)3-10(8)23(22-12)6-14(16,17)18;/h1-5H,6H2,(H,24,25)(H,20,21,22);/q;+1/p-1. The van der Waals surface area contributed by atoms with E-state index in [1.807, 2.05) is 0 Å². The van der Waals surface area contributed by atoms with Gasteiger partial charge in [0.25, 0.3) is 0 Å². The third kappa shape index (κ3) is 4.30. The van der Waals surface area contributed by atoms with Crippen molar-refractivity contribution in [3.8, 4) is 0 Å². The van der Waals surface area contributed by atoms with Crippen LogP contribution in [0.4, 0.5) is 29.2 Å². The van der Waals surface area contributed by atoms with Crippen molar-refractivity contribution in [1.82, 2.24) is 19.7 Å². The van der Waals surface area contributed by atoms with Gasteiger partial charge in [0.05, 0.1) is 28.8 Å². The van der Waals surface area contributed by atoms with Gasteiger partial charge in [0.1, 0.15) is 18.2 Å². The molecule has 26 heavy (non-hydrogen) atoms. The maximum atomic E-state index is 12.9. The topological polar surface area (TPSA) is 95.8 Å². The van der Waals surface area contributed by atoms with Crippen LogP contribution < -0.4 is 29.3 Å². The van der Waals surface area contributed by atoms with Crippen molar-refractivity contribution < 1.29 is 46.3 Å². The molecule has 3 rings (SSSR count). The van der Waals surface area contributed by atoms with E-state index in [1.165, 1.54) is 6.07 Å². The molecule has 0 spiro atoms. The quantitative estimate of drug-likeness (QED) is 0.456. The fraction of sp³-hybridized carbons (Fsp3) is 0.143. The fourth-order valence-electron chi connectivity index (χ4n) is 2.13. The summed E-state index contributed by atoms with van der Waals surface area (Å²) in [7, 11) is 0. The van der Waals surface area contributed by atoms with Crippen LogP contribution in [0.15, 0.2) is 30.6 Å². The summed E-state index contributed by atoms with van der Waals surface area (Å²) in [5.74, 6) is -2.10. The molecule has 0 saturated heterocycles. The Labute approximate surface area is 155 Å². The number of carbonyl (C=O) groups is 1. The number of nitrogens with zero attached hydrogens (tertiary/aromatic N) is 4. The number of pyridine rings is 2. The number of aromatic nitrogens is 4. The summed E-state index contributed by atoms with van der Waals surface area (Å²) < 4.78 is 51.7. The van der Waals surface area contributed by atoms with E-state index in [2.05, 4.69) is 20.4 Å². The minimum Gasteiger partial charge on any atom is -0.543 e. The predicted molar refractivity (Wildman–Crippen MR) is 75.4 cm³/mol. The molecular weight excluding hydrogens is 353 g/mol. The first-order valence-corrected chi connectivity index (χ1v) is 6.76. The number of carboxylic acid groups (broad SMARTS) is 1. The monoisotopic (exact) mass is 361 g/mol. The minimum absolute atomic E-state index is 0. The minimum atomic E-state index is -4.57. The Morgan fingerprint density at radius 3 is 2.54 bits per heavy atom. The van der Waals surface area contributed by atoms with Gasteiger partial charge in [-0.25, -0.2) is 9.37 Å². The van der Waals surface area contributed by atoms with Gasteiger partial charge in [-0.15, -0.1) is 0 Å². The Hall–Kier alpha value is -2.64. The number of fused-ring (bicyclic) bond motifs is 1. The van der Waals surface area contributed by atoms with Crippen molar-refractivity contribution in [3.63, 3.8) is 0 Å². The van der Waals surface area contributed by atoms with E-state index in [0.29, 0.717) is 4.68 Å². The Balaban J connectivity index is 0.00000243. The van der Waals surface area contributed by atoms with Crippen LogP contribution in [0.2, 0.25) is 0 Å². The molecule has 7 nitrogen and oxygen atoms in total. The van der Waals surface area contributed by atoms with Crippen molar-refractivity contribution in [2.24, 2.45) is 0 Å². The second-order valence-electron chi connectivity index (χ2n) is 4.98. The Bertz CT molecular complexity index is 943. The van der Waals surface area contributed by atoms with Gasteiger partial charge in [0.2, 0.25) is 0 Å². The molecule has 0 atom stereocenters. The van der Waals surface area contributed by atoms with E-state index < -0.39 is 30.2 Å². The number of halogens is 4. The molecule has 0 aliphatic carbocycles. The third-order valence-corrected chi connectivity index (χ3v) is 3.15. The molecule has 130 valence electrons. The summed E-state index contributed by atoms with van der Waals surface area (Å²) >= 11 is 0. The van der Waals surface area contributed by atoms with Gasteiger partial charge in [0, 0.05) is 6.20 Å². The number of carbonyl (C=O) groups excluding carboxylic acids is 1. The summed E-state index contributed by atoms with van der Waals surface area (Å²) in [6.45, 7) is -1.43. The van der Waals surface area contributed by atoms with Crippen LogP contribution in [0, 0.1) is 5.82 Å². The van der Waals surface area contributed by atoms with E-state index >= 15 is 0 Å². The van der Waals surface area contributed by atoms with E-state index in [4.69, 9.17) is 0 Å². The van der Waals surface area contributed by atoms with Gasteiger partial charge in [0.15, 0.2) is 5.82 Å². The van der Waals surface area contributed by atoms with E-state index in [-0.39, 0.29) is 41.4 Å². The first-order chi connectivity index (χ1) is 11.7. The average Bonchev–Trinajstić information content (AvgIpc) is 2.85. The van der Waals surface area contributed by atoms with Crippen molar-refractivity contribution in [2.75, 3.05) is 5.32 Å². The average molecular weight is 361 g/mol. The number of hydrogen-bond donors (Lipinski definition) is 1. The molecule has 3 heterocycles. The number of hydrogen-bond acceptors (Lipinski definition) is 6. The van der Waals surface area contributed by atoms with E-state index in [1.54, 1.807) is 0 Å². The number of rotatable bonds is 4. The molecular formula is C14H8F4LiN5O2. The van der Waals surface area contributed by atoms with Crippen LogP contribution in [0.5, 0.6) is 0 Å². The maximum absolute atomic E-state index is 12.9. The van der Waals surface area contributed by atoms with Crippen LogP contribution in [-0.2, 0) is 6.54 Å². The maximum Gasteiger partial charge on any atom is 1.00 e. The van der Waals surface area contributed by atoms with Crippen LogP contribution in [0.1, 0.15) is 10.5 Å². The fourth-order valence-corrected chi connectivity index (χ4v) is 2.13. The normalized spacial score (nSPS) is 11.2. The van der Waals surface area contributed by atoms with Crippen molar-refractivity contribution in [2.45, 2.75) is 12.7 Å². The molecule has 0 aliphatic rings. The Morgan fingerprint density at radius 1 is 1.23 bits per heavy atom. The summed E-state index contributed by atoms with van der Waals surface area (Å²) in [5.41, 5.74) is -0.626. The van der Waals surface area contributed by atoms with Gasteiger partial charge in [-0.2, -0.15) is 18.3 Å². The SMILES string of the molecule is O=C([O-])c1cc2c(cn1)c(Nc1ccc(F)cn1)nn2CC(F)(F)F.[Li+]. The van der Waals surface area contributed by atoms with Crippen LogP contribution in [-0.4, -0.2) is 31.9 Å². The summed E-state index contributed by atoms with van der Waals surface area (Å²) in [4.78, 5) is 18.2. The van der Waals surface area contributed by atoms with Crippen LogP contribution in [0.3, 0.4) is 0 Å². The Morgan fingerprint density at radius 2 is 1.96 bits per heavy atom. The molecule has 0 aliphatic heterocycles. The zero-order chi connectivity index (χ0) is 18.2. The molecule has 0 aromatic carbocycles. The van der Waals surface area contributed by atoms with Crippen molar-refractivity contribution >= 4 is 28.5 Å². The van der Waals surface area contributed by atoms with Gasteiger partial charge < -0.3 is 15.2 Å². The van der Waals surface area contributed by atoms with Gasteiger partial charge >= 0.3 is 25.0 Å². The zero-order valence-electron chi connectivity index (χ0n) is 13.2. The van der Waals surface area contributed by atoms with E-state index in [9.17, 15) is 27.5 Å². The smallest absolute Gasteiger partial charge is 0.543 e. The zero-order valence-corrected chi connectivity index (χ0v) is 13.2. The van der Waals surface area contributed by atoms with Crippen LogP contribution in [0.25, 0.3) is 10.9 Å². The van der Waals surface area contributed by atoms with Gasteiger partial charge in [-0.3, -0.25) is 9.67 Å². The molecule has 0 bridgehead atoms. The molecule has 0 fully saturated rings. The molecule has 12 heteroatoms. The second-order valence-corrected chi connectivity index (χ2v) is 4.98. The van der Waals surface area contributed by atoms with Gasteiger partial charge in [-0.1, -0.05) is 0 Å². The molecule has 0 radical (unpaired) electrons. The first-order valence-electron chi connectivity index (χ1n) is 6.76.